The van der Waals surface area contributed by atoms with E-state index in [0.29, 0.717) is 5.41 Å². The Balaban J connectivity index is 0.000000451. The first-order valence-corrected chi connectivity index (χ1v) is 10.5. The fourth-order valence-electron chi connectivity index (χ4n) is 4.16. The van der Waals surface area contributed by atoms with Crippen molar-refractivity contribution in [2.75, 3.05) is 47.0 Å². The maximum Gasteiger partial charge on any atom is 0.490 e. The molecule has 2 saturated heterocycles. The van der Waals surface area contributed by atoms with Gasteiger partial charge in [-0.2, -0.15) is 13.2 Å². The van der Waals surface area contributed by atoms with Crippen LogP contribution in [0.4, 0.5) is 13.2 Å². The number of likely N-dealkylation sites (tertiary alicyclic amines) is 2. The summed E-state index contributed by atoms with van der Waals surface area (Å²) in [6.07, 6.45) is -0.336. The maximum atomic E-state index is 12.0. The van der Waals surface area contributed by atoms with Gasteiger partial charge in [0.15, 0.2) is 0 Å². The third-order valence-corrected chi connectivity index (χ3v) is 6.14. The number of carbonyl (C=O) groups excluding carboxylic acids is 1. The molecule has 3 rings (SSSR count). The highest BCUT2D eigenvalue weighted by Gasteiger charge is 2.39. The van der Waals surface area contributed by atoms with E-state index in [1.54, 1.807) is 14.2 Å². The fourth-order valence-corrected chi connectivity index (χ4v) is 4.16. The lowest BCUT2D eigenvalue weighted by Gasteiger charge is -2.47. The van der Waals surface area contributed by atoms with Crippen molar-refractivity contribution in [1.29, 1.82) is 0 Å². The van der Waals surface area contributed by atoms with Crippen LogP contribution >= 0.6 is 0 Å². The van der Waals surface area contributed by atoms with Crippen molar-refractivity contribution in [2.24, 2.45) is 5.41 Å². The van der Waals surface area contributed by atoms with Crippen LogP contribution in [-0.2, 0) is 20.9 Å². The molecule has 10 heteroatoms. The third-order valence-electron chi connectivity index (χ3n) is 6.14. The van der Waals surface area contributed by atoms with E-state index in [1.165, 1.54) is 18.4 Å². The molecule has 2 heterocycles. The van der Waals surface area contributed by atoms with E-state index in [2.05, 4.69) is 23.1 Å². The highest BCUT2D eigenvalue weighted by Crippen LogP contribution is 2.41. The molecule has 2 aliphatic heterocycles. The molecule has 1 N–H and O–H groups in total. The van der Waals surface area contributed by atoms with Crippen molar-refractivity contribution in [2.45, 2.75) is 38.4 Å². The van der Waals surface area contributed by atoms with Gasteiger partial charge in [-0.25, -0.2) is 4.79 Å². The molecule has 7 nitrogen and oxygen atoms in total. The van der Waals surface area contributed by atoms with Gasteiger partial charge in [0.05, 0.1) is 7.11 Å². The van der Waals surface area contributed by atoms with Crippen molar-refractivity contribution in [3.63, 3.8) is 0 Å². The number of carboxylic acid groups (broad SMARTS) is 1. The predicted molar refractivity (Wildman–Crippen MR) is 111 cm³/mol. The Bertz CT molecular complexity index is 754. The summed E-state index contributed by atoms with van der Waals surface area (Å²) in [6.45, 7) is 5.26. The van der Waals surface area contributed by atoms with E-state index >= 15 is 0 Å². The van der Waals surface area contributed by atoms with Crippen molar-refractivity contribution < 1.29 is 37.3 Å². The predicted octanol–water partition coefficient (Wildman–Crippen LogP) is 3.18. The Kier molecular flexibility index (Phi) is 9.33. The molecule has 0 radical (unpaired) electrons. The van der Waals surface area contributed by atoms with E-state index in [9.17, 15) is 18.0 Å². The third kappa shape index (κ3) is 7.67. The molecule has 32 heavy (non-hydrogen) atoms. The summed E-state index contributed by atoms with van der Waals surface area (Å²) in [4.78, 5) is 25.4. The zero-order valence-corrected chi connectivity index (χ0v) is 18.5. The summed E-state index contributed by atoms with van der Waals surface area (Å²) in [5.74, 6) is -1.70. The second-order valence-electron chi connectivity index (χ2n) is 8.24. The molecule has 1 amide bonds. The van der Waals surface area contributed by atoms with Crippen LogP contribution in [0, 0.1) is 5.41 Å². The topological polar surface area (TPSA) is 79.3 Å². The van der Waals surface area contributed by atoms with E-state index in [0.717, 1.165) is 51.3 Å². The van der Waals surface area contributed by atoms with Crippen LogP contribution < -0.4 is 4.74 Å². The van der Waals surface area contributed by atoms with Gasteiger partial charge in [0, 0.05) is 26.7 Å². The van der Waals surface area contributed by atoms with Crippen LogP contribution in [0.1, 0.15) is 31.2 Å². The summed E-state index contributed by atoms with van der Waals surface area (Å²) in [7, 11) is 3.30. The Labute approximate surface area is 186 Å². The molecule has 0 saturated carbocycles. The minimum atomic E-state index is -5.08. The van der Waals surface area contributed by atoms with Crippen LogP contribution in [-0.4, -0.2) is 80.0 Å². The minimum absolute atomic E-state index is 0.132. The van der Waals surface area contributed by atoms with Crippen molar-refractivity contribution in [1.82, 2.24) is 9.80 Å². The molecule has 0 aliphatic carbocycles. The van der Waals surface area contributed by atoms with Gasteiger partial charge in [0.2, 0.25) is 5.91 Å². The molecule has 1 aromatic rings. The molecule has 2 aliphatic rings. The Hall–Kier alpha value is -2.33. The first-order valence-electron chi connectivity index (χ1n) is 10.5. The number of amides is 1. The number of carbonyl (C=O) groups is 2. The number of aliphatic carboxylic acids is 1. The normalized spacial score (nSPS) is 18.6. The van der Waals surface area contributed by atoms with Gasteiger partial charge >= 0.3 is 12.1 Å². The number of piperidine rings is 2. The molecular formula is C22H31F3N2O5. The summed E-state index contributed by atoms with van der Waals surface area (Å²) in [5, 5.41) is 7.12. The molecule has 1 spiro atoms. The number of hydrogen-bond acceptors (Lipinski definition) is 5. The number of hydrogen-bond donors (Lipinski definition) is 1. The first-order chi connectivity index (χ1) is 15.1. The summed E-state index contributed by atoms with van der Waals surface area (Å²) < 4.78 is 42.0. The van der Waals surface area contributed by atoms with E-state index in [1.807, 2.05) is 11.0 Å². The molecule has 0 bridgehead atoms. The molecule has 0 aromatic heterocycles. The lowest BCUT2D eigenvalue weighted by atomic mass is 9.71. The van der Waals surface area contributed by atoms with Gasteiger partial charge in [-0.15, -0.1) is 0 Å². The lowest BCUT2D eigenvalue weighted by molar-refractivity contribution is -0.192. The lowest BCUT2D eigenvalue weighted by Crippen LogP contribution is -2.48. The average molecular weight is 460 g/mol. The molecule has 2 fully saturated rings. The smallest absolute Gasteiger partial charge is 0.490 e. The quantitative estimate of drug-likeness (QED) is 0.727. The van der Waals surface area contributed by atoms with Crippen LogP contribution in [0.2, 0.25) is 0 Å². The number of benzene rings is 1. The summed E-state index contributed by atoms with van der Waals surface area (Å²) in [6, 6.07) is 8.36. The fraction of sp³-hybridized carbons (Fsp3) is 0.636. The molecular weight excluding hydrogens is 429 g/mol. The van der Waals surface area contributed by atoms with Gasteiger partial charge in [-0.3, -0.25) is 9.69 Å². The van der Waals surface area contributed by atoms with E-state index in [4.69, 9.17) is 19.4 Å². The van der Waals surface area contributed by atoms with Crippen molar-refractivity contribution in [3.05, 3.63) is 29.8 Å². The number of nitrogens with zero attached hydrogens (tertiary/aromatic N) is 2. The molecule has 0 atom stereocenters. The Morgan fingerprint density at radius 1 is 1.06 bits per heavy atom. The second-order valence-corrected chi connectivity index (χ2v) is 8.24. The monoisotopic (exact) mass is 460 g/mol. The van der Waals surface area contributed by atoms with Gasteiger partial charge in [0.1, 0.15) is 12.4 Å². The number of methoxy groups -OCH3 is 2. The van der Waals surface area contributed by atoms with E-state index in [-0.39, 0.29) is 12.5 Å². The number of carboxylic acids is 1. The first kappa shape index (κ1) is 25.9. The summed E-state index contributed by atoms with van der Waals surface area (Å²) >= 11 is 0. The zero-order valence-electron chi connectivity index (χ0n) is 18.5. The minimum Gasteiger partial charge on any atom is -0.497 e. The number of halogens is 3. The molecule has 1 aromatic carbocycles. The van der Waals surface area contributed by atoms with Gasteiger partial charge in [-0.1, -0.05) is 12.1 Å². The zero-order chi connectivity index (χ0) is 23.8. The molecule has 0 unspecified atom stereocenters. The number of alkyl halides is 3. The highest BCUT2D eigenvalue weighted by molar-refractivity contribution is 5.77. The van der Waals surface area contributed by atoms with Crippen LogP contribution in [0.25, 0.3) is 0 Å². The van der Waals surface area contributed by atoms with Gasteiger partial charge in [-0.05, 0) is 61.9 Å². The van der Waals surface area contributed by atoms with E-state index < -0.39 is 12.1 Å². The summed E-state index contributed by atoms with van der Waals surface area (Å²) in [5.41, 5.74) is 1.75. The average Bonchev–Trinajstić information content (AvgIpc) is 2.76. The SMILES string of the molecule is COCC(=O)N1CCC2(CCN(Cc3cccc(OC)c3)CC2)CC1.O=C(O)C(F)(F)F. The Morgan fingerprint density at radius 3 is 2.12 bits per heavy atom. The van der Waals surface area contributed by atoms with Gasteiger partial charge < -0.3 is 19.5 Å². The maximum absolute atomic E-state index is 12.0. The largest absolute Gasteiger partial charge is 0.497 e. The van der Waals surface area contributed by atoms with Crippen LogP contribution in [0.5, 0.6) is 5.75 Å². The van der Waals surface area contributed by atoms with Crippen LogP contribution in [0.15, 0.2) is 24.3 Å². The number of rotatable bonds is 5. The van der Waals surface area contributed by atoms with Crippen LogP contribution in [0.3, 0.4) is 0 Å². The highest BCUT2D eigenvalue weighted by atomic mass is 19.4. The van der Waals surface area contributed by atoms with Gasteiger partial charge in [0.25, 0.3) is 0 Å². The molecule has 180 valence electrons. The standard InChI is InChI=1S/C20H30N2O3.C2HF3O2/c1-24-16-19(23)22-12-8-20(9-13-22)6-10-21(11-7-20)15-17-4-3-5-18(14-17)25-2;3-2(4,5)1(6)7/h3-5,14H,6-13,15-16H2,1-2H3;(H,6,7). The Morgan fingerprint density at radius 2 is 1.62 bits per heavy atom. The van der Waals surface area contributed by atoms with Crippen molar-refractivity contribution >= 4 is 11.9 Å². The second kappa shape index (κ2) is 11.5. The van der Waals surface area contributed by atoms with Crippen molar-refractivity contribution in [3.8, 4) is 5.75 Å². The number of ether oxygens (including phenoxy) is 2.